The lowest BCUT2D eigenvalue weighted by atomic mass is 9.83. The Labute approximate surface area is 120 Å². The van der Waals surface area contributed by atoms with Gasteiger partial charge < -0.3 is 10.1 Å². The molecule has 1 aliphatic heterocycles. The van der Waals surface area contributed by atoms with E-state index in [0.29, 0.717) is 5.92 Å². The smallest absolute Gasteiger partial charge is 0.0961 e. The first-order valence-electron chi connectivity index (χ1n) is 7.43. The van der Waals surface area contributed by atoms with Crippen LogP contribution < -0.4 is 5.32 Å². The van der Waals surface area contributed by atoms with Gasteiger partial charge >= 0.3 is 0 Å². The van der Waals surface area contributed by atoms with Gasteiger partial charge in [-0.3, -0.25) is 0 Å². The molecule has 0 saturated carbocycles. The van der Waals surface area contributed by atoms with E-state index in [-0.39, 0.29) is 0 Å². The van der Waals surface area contributed by atoms with Gasteiger partial charge in [0.05, 0.1) is 5.01 Å². The Kier molecular flexibility index (Phi) is 6.28. The zero-order valence-electron chi connectivity index (χ0n) is 12.2. The zero-order valence-corrected chi connectivity index (χ0v) is 13.0. The largest absolute Gasteiger partial charge is 0.385 e. The van der Waals surface area contributed by atoms with Gasteiger partial charge in [0.1, 0.15) is 0 Å². The number of hydrogen-bond acceptors (Lipinski definition) is 4. The third-order valence-electron chi connectivity index (χ3n) is 3.97. The van der Waals surface area contributed by atoms with Crippen LogP contribution in [0.25, 0.3) is 0 Å². The molecule has 0 radical (unpaired) electrons. The quantitative estimate of drug-likeness (QED) is 0.779. The maximum Gasteiger partial charge on any atom is 0.0961 e. The molecule has 1 fully saturated rings. The number of nitrogens with zero attached hydrogens (tertiary/aromatic N) is 1. The summed E-state index contributed by atoms with van der Waals surface area (Å²) in [6.45, 7) is 5.38. The van der Waals surface area contributed by atoms with Crippen LogP contribution in [0.1, 0.15) is 47.9 Å². The van der Waals surface area contributed by atoms with Gasteiger partial charge in [0, 0.05) is 30.7 Å². The Balaban J connectivity index is 1.95. The molecular weight excluding hydrogens is 256 g/mol. The number of aryl methyl sites for hydroxylation is 1. The van der Waals surface area contributed by atoms with Gasteiger partial charge in [0.15, 0.2) is 0 Å². The van der Waals surface area contributed by atoms with Gasteiger partial charge in [-0.05, 0) is 51.6 Å². The molecule has 0 unspecified atom stereocenters. The van der Waals surface area contributed by atoms with Crippen molar-refractivity contribution in [2.45, 2.75) is 44.9 Å². The SMILES string of the molecule is COCCCC[C@H](c1ncc(C)s1)[C@H]1CCCNC1. The molecule has 0 aromatic carbocycles. The van der Waals surface area contributed by atoms with Gasteiger partial charge in [-0.15, -0.1) is 11.3 Å². The van der Waals surface area contributed by atoms with Gasteiger partial charge in [-0.25, -0.2) is 4.98 Å². The number of methoxy groups -OCH3 is 1. The average Bonchev–Trinajstić information content (AvgIpc) is 2.86. The molecule has 0 spiro atoms. The molecule has 108 valence electrons. The van der Waals surface area contributed by atoms with Crippen LogP contribution in [-0.2, 0) is 4.74 Å². The van der Waals surface area contributed by atoms with Gasteiger partial charge in [-0.1, -0.05) is 6.42 Å². The second kappa shape index (κ2) is 7.98. The molecule has 19 heavy (non-hydrogen) atoms. The van der Waals surface area contributed by atoms with Crippen molar-refractivity contribution in [1.82, 2.24) is 10.3 Å². The van der Waals surface area contributed by atoms with E-state index in [2.05, 4.69) is 17.2 Å². The van der Waals surface area contributed by atoms with Crippen LogP contribution in [0.15, 0.2) is 6.20 Å². The predicted molar refractivity (Wildman–Crippen MR) is 80.9 cm³/mol. The number of aromatic nitrogens is 1. The fraction of sp³-hybridized carbons (Fsp3) is 0.800. The third-order valence-corrected chi connectivity index (χ3v) is 5.02. The van der Waals surface area contributed by atoms with Crippen LogP contribution >= 0.6 is 11.3 Å². The molecule has 0 amide bonds. The second-order valence-electron chi connectivity index (χ2n) is 5.51. The van der Waals surface area contributed by atoms with Crippen LogP contribution in [0.2, 0.25) is 0 Å². The molecule has 1 aliphatic rings. The lowest BCUT2D eigenvalue weighted by Crippen LogP contribution is -2.33. The van der Waals surface area contributed by atoms with Crippen LogP contribution in [-0.4, -0.2) is 31.8 Å². The maximum absolute atomic E-state index is 5.15. The van der Waals surface area contributed by atoms with Crippen LogP contribution in [0.5, 0.6) is 0 Å². The first-order valence-corrected chi connectivity index (χ1v) is 8.25. The minimum atomic E-state index is 0.642. The molecule has 3 nitrogen and oxygen atoms in total. The number of ether oxygens (including phenoxy) is 1. The van der Waals surface area contributed by atoms with E-state index in [1.807, 2.05) is 17.5 Å². The summed E-state index contributed by atoms with van der Waals surface area (Å²) in [6.07, 6.45) is 8.34. The van der Waals surface area contributed by atoms with Crippen molar-refractivity contribution in [3.63, 3.8) is 0 Å². The highest BCUT2D eigenvalue weighted by atomic mass is 32.1. The lowest BCUT2D eigenvalue weighted by Gasteiger charge is -2.29. The summed E-state index contributed by atoms with van der Waals surface area (Å²) >= 11 is 1.88. The van der Waals surface area contributed by atoms with E-state index in [4.69, 9.17) is 4.74 Å². The van der Waals surface area contributed by atoms with Crippen molar-refractivity contribution in [2.24, 2.45) is 5.92 Å². The Morgan fingerprint density at radius 1 is 1.53 bits per heavy atom. The standard InChI is InChI=1S/C15H26N2OS/c1-12-10-17-15(19-12)14(7-3-4-9-18-2)13-6-5-8-16-11-13/h10,13-14,16H,3-9,11H2,1-2H3/t13-,14-/m0/s1. The van der Waals surface area contributed by atoms with Crippen molar-refractivity contribution in [1.29, 1.82) is 0 Å². The van der Waals surface area contributed by atoms with Crippen molar-refractivity contribution in [2.75, 3.05) is 26.8 Å². The number of hydrogen-bond donors (Lipinski definition) is 1. The Bertz CT molecular complexity index is 361. The molecule has 1 saturated heterocycles. The zero-order chi connectivity index (χ0) is 13.5. The first-order chi connectivity index (χ1) is 9.31. The lowest BCUT2D eigenvalue weighted by molar-refractivity contribution is 0.189. The molecular formula is C15H26N2OS. The van der Waals surface area contributed by atoms with E-state index >= 15 is 0 Å². The monoisotopic (exact) mass is 282 g/mol. The molecule has 2 heterocycles. The molecule has 1 aromatic heterocycles. The fourth-order valence-electron chi connectivity index (χ4n) is 2.94. The molecule has 1 N–H and O–H groups in total. The van der Waals surface area contributed by atoms with E-state index in [9.17, 15) is 0 Å². The molecule has 0 bridgehead atoms. The summed E-state index contributed by atoms with van der Waals surface area (Å²) in [7, 11) is 1.78. The van der Waals surface area contributed by atoms with E-state index in [1.165, 1.54) is 42.1 Å². The topological polar surface area (TPSA) is 34.1 Å². The number of unbranched alkanes of at least 4 members (excludes halogenated alkanes) is 1. The molecule has 1 aromatic rings. The van der Waals surface area contributed by atoms with Crippen molar-refractivity contribution >= 4 is 11.3 Å². The first kappa shape index (κ1) is 14.9. The highest BCUT2D eigenvalue weighted by molar-refractivity contribution is 7.11. The Morgan fingerprint density at radius 2 is 2.42 bits per heavy atom. The number of rotatable bonds is 7. The normalized spacial score (nSPS) is 21.5. The van der Waals surface area contributed by atoms with Gasteiger partial charge in [-0.2, -0.15) is 0 Å². The summed E-state index contributed by atoms with van der Waals surface area (Å²) in [5.41, 5.74) is 0. The maximum atomic E-state index is 5.15. The van der Waals surface area contributed by atoms with E-state index < -0.39 is 0 Å². The van der Waals surface area contributed by atoms with E-state index in [1.54, 1.807) is 7.11 Å². The summed E-state index contributed by atoms with van der Waals surface area (Å²) in [5, 5.41) is 4.90. The minimum absolute atomic E-state index is 0.642. The van der Waals surface area contributed by atoms with Crippen molar-refractivity contribution in [3.05, 3.63) is 16.1 Å². The van der Waals surface area contributed by atoms with Crippen molar-refractivity contribution < 1.29 is 4.74 Å². The van der Waals surface area contributed by atoms with Gasteiger partial charge in [0.25, 0.3) is 0 Å². The Hall–Kier alpha value is -0.450. The summed E-state index contributed by atoms with van der Waals surface area (Å²) < 4.78 is 5.15. The van der Waals surface area contributed by atoms with E-state index in [0.717, 1.165) is 25.5 Å². The number of nitrogens with one attached hydrogen (secondary N) is 1. The molecule has 4 heteroatoms. The van der Waals surface area contributed by atoms with Gasteiger partial charge in [0.2, 0.25) is 0 Å². The number of piperidine rings is 1. The van der Waals surface area contributed by atoms with Crippen molar-refractivity contribution in [3.8, 4) is 0 Å². The van der Waals surface area contributed by atoms with Crippen LogP contribution in [0.4, 0.5) is 0 Å². The molecule has 0 aliphatic carbocycles. The number of thiazole rings is 1. The Morgan fingerprint density at radius 3 is 3.05 bits per heavy atom. The molecule has 2 atom stereocenters. The third kappa shape index (κ3) is 4.55. The van der Waals surface area contributed by atoms with Crippen LogP contribution in [0.3, 0.4) is 0 Å². The highest BCUT2D eigenvalue weighted by Gasteiger charge is 2.26. The summed E-state index contributed by atoms with van der Waals surface area (Å²) in [6, 6.07) is 0. The highest BCUT2D eigenvalue weighted by Crippen LogP contribution is 2.35. The summed E-state index contributed by atoms with van der Waals surface area (Å²) in [4.78, 5) is 5.98. The second-order valence-corrected chi connectivity index (χ2v) is 6.78. The summed E-state index contributed by atoms with van der Waals surface area (Å²) in [5.74, 6) is 1.41. The average molecular weight is 282 g/mol. The fourth-order valence-corrected chi connectivity index (χ4v) is 3.94. The molecule has 2 rings (SSSR count). The van der Waals surface area contributed by atoms with Crippen LogP contribution in [0, 0.1) is 12.8 Å². The predicted octanol–water partition coefficient (Wildman–Crippen LogP) is 3.35. The minimum Gasteiger partial charge on any atom is -0.385 e.